The maximum Gasteiger partial charge on any atom is 0.220 e. The number of aliphatic imine (C=N–C) groups is 2. The van der Waals surface area contributed by atoms with Gasteiger partial charge in [-0.15, -0.1) is 0 Å². The van der Waals surface area contributed by atoms with Crippen LogP contribution in [0.5, 0.6) is 5.75 Å². The Morgan fingerprint density at radius 1 is 1.04 bits per heavy atom. The molecule has 0 saturated heterocycles. The second kappa shape index (κ2) is 7.50. The molecule has 1 aliphatic heterocycles. The van der Waals surface area contributed by atoms with E-state index in [-0.39, 0.29) is 18.4 Å². The van der Waals surface area contributed by atoms with Crippen molar-refractivity contribution in [2.24, 2.45) is 21.5 Å². The van der Waals surface area contributed by atoms with Gasteiger partial charge in [0.25, 0.3) is 0 Å². The lowest BCUT2D eigenvalue weighted by atomic mass is 9.87. The summed E-state index contributed by atoms with van der Waals surface area (Å²) in [5, 5.41) is 0. The first kappa shape index (κ1) is 18.3. The molecule has 0 unspecified atom stereocenters. The van der Waals surface area contributed by atoms with Gasteiger partial charge >= 0.3 is 0 Å². The second-order valence-electron chi connectivity index (χ2n) is 7.20. The molecule has 2 aliphatic rings. The number of guanidine groups is 2. The van der Waals surface area contributed by atoms with E-state index >= 15 is 0 Å². The number of nitrogens with two attached hydrogens (primary N) is 2. The summed E-state index contributed by atoms with van der Waals surface area (Å²) in [6.45, 7) is 0.149. The van der Waals surface area contributed by atoms with Crippen molar-refractivity contribution in [1.82, 2.24) is 0 Å². The smallest absolute Gasteiger partial charge is 0.220 e. The van der Waals surface area contributed by atoms with Crippen molar-refractivity contribution in [3.05, 3.63) is 59.9 Å². The fourth-order valence-electron chi connectivity index (χ4n) is 3.98. The Morgan fingerprint density at radius 2 is 1.82 bits per heavy atom. The highest BCUT2D eigenvalue weighted by atomic mass is 19.1. The van der Waals surface area contributed by atoms with Crippen molar-refractivity contribution < 1.29 is 9.13 Å². The van der Waals surface area contributed by atoms with E-state index in [0.717, 1.165) is 31.4 Å². The summed E-state index contributed by atoms with van der Waals surface area (Å²) in [4.78, 5) is 10.8. The number of anilines is 1. The summed E-state index contributed by atoms with van der Waals surface area (Å²) >= 11 is 0. The standard InChI is InChI=1S/C21H24FN5O/c22-18-10-3-2-7-15(18)14-28-17-9-6-8-16(13-17)27-20(24)25-19(23)26-21(27)11-4-1-5-12-21/h2-3,6-10,13H,1,4-5,11-12,14H2,(H4,23,24,25,26). The topological polar surface area (TPSA) is 89.2 Å². The molecule has 1 spiro atoms. The van der Waals surface area contributed by atoms with Crippen LogP contribution in [-0.2, 0) is 6.61 Å². The van der Waals surface area contributed by atoms with E-state index in [2.05, 4.69) is 9.98 Å². The van der Waals surface area contributed by atoms with E-state index in [0.29, 0.717) is 17.3 Å². The minimum atomic E-state index is -0.502. The third-order valence-corrected chi connectivity index (χ3v) is 5.28. The number of nitrogens with zero attached hydrogens (tertiary/aromatic N) is 3. The quantitative estimate of drug-likeness (QED) is 0.848. The molecule has 0 aromatic heterocycles. The molecule has 1 fully saturated rings. The van der Waals surface area contributed by atoms with E-state index in [4.69, 9.17) is 16.2 Å². The highest BCUT2D eigenvalue weighted by Gasteiger charge is 2.42. The van der Waals surface area contributed by atoms with Crippen molar-refractivity contribution >= 4 is 17.6 Å². The fourth-order valence-corrected chi connectivity index (χ4v) is 3.98. The molecular formula is C21H24FN5O. The predicted molar refractivity (Wildman–Crippen MR) is 109 cm³/mol. The maximum absolute atomic E-state index is 13.8. The summed E-state index contributed by atoms with van der Waals surface area (Å²) in [5.41, 5.74) is 13.0. The zero-order chi connectivity index (χ0) is 19.6. The molecule has 1 heterocycles. The van der Waals surface area contributed by atoms with Crippen molar-refractivity contribution in [3.8, 4) is 5.75 Å². The molecular weight excluding hydrogens is 357 g/mol. The lowest BCUT2D eigenvalue weighted by molar-refractivity contribution is 0.297. The largest absolute Gasteiger partial charge is 0.489 e. The lowest BCUT2D eigenvalue weighted by Crippen LogP contribution is -2.58. The molecule has 4 rings (SSSR count). The van der Waals surface area contributed by atoms with Crippen LogP contribution in [-0.4, -0.2) is 17.6 Å². The Hall–Kier alpha value is -3.09. The fraction of sp³-hybridized carbons (Fsp3) is 0.333. The van der Waals surface area contributed by atoms with Crippen LogP contribution in [0.4, 0.5) is 10.1 Å². The van der Waals surface area contributed by atoms with Gasteiger partial charge in [0.2, 0.25) is 11.9 Å². The molecule has 146 valence electrons. The first-order valence-corrected chi connectivity index (χ1v) is 9.53. The van der Waals surface area contributed by atoms with E-state index in [1.165, 1.54) is 12.5 Å². The number of ether oxygens (including phenoxy) is 1. The van der Waals surface area contributed by atoms with Crippen molar-refractivity contribution in [3.63, 3.8) is 0 Å². The highest BCUT2D eigenvalue weighted by Crippen LogP contribution is 2.40. The van der Waals surface area contributed by atoms with E-state index in [1.807, 2.05) is 29.2 Å². The number of hydrogen-bond donors (Lipinski definition) is 2. The Morgan fingerprint density at radius 3 is 2.61 bits per heavy atom. The van der Waals surface area contributed by atoms with Gasteiger partial charge < -0.3 is 16.2 Å². The van der Waals surface area contributed by atoms with Crippen LogP contribution in [0.15, 0.2) is 58.5 Å². The van der Waals surface area contributed by atoms with Gasteiger partial charge in [-0.2, -0.15) is 4.99 Å². The molecule has 0 atom stereocenters. The molecule has 6 nitrogen and oxygen atoms in total. The number of hydrogen-bond acceptors (Lipinski definition) is 6. The van der Waals surface area contributed by atoms with Crippen LogP contribution in [0.25, 0.3) is 0 Å². The van der Waals surface area contributed by atoms with Crippen molar-refractivity contribution in [2.75, 3.05) is 4.90 Å². The first-order valence-electron chi connectivity index (χ1n) is 9.53. The third kappa shape index (κ3) is 3.52. The van der Waals surface area contributed by atoms with Gasteiger partial charge in [0.15, 0.2) is 0 Å². The highest BCUT2D eigenvalue weighted by molar-refractivity contribution is 6.05. The molecule has 4 N–H and O–H groups in total. The number of halogens is 1. The van der Waals surface area contributed by atoms with Gasteiger partial charge in [-0.1, -0.05) is 30.7 Å². The van der Waals surface area contributed by atoms with Crippen LogP contribution in [0.2, 0.25) is 0 Å². The van der Waals surface area contributed by atoms with Crippen molar-refractivity contribution in [2.45, 2.75) is 44.4 Å². The lowest BCUT2D eigenvalue weighted by Gasteiger charge is -2.45. The first-order chi connectivity index (χ1) is 13.6. The summed E-state index contributed by atoms with van der Waals surface area (Å²) < 4.78 is 19.7. The van der Waals surface area contributed by atoms with Gasteiger partial charge in [0.05, 0.1) is 0 Å². The second-order valence-corrected chi connectivity index (χ2v) is 7.20. The minimum Gasteiger partial charge on any atom is -0.489 e. The molecule has 0 bridgehead atoms. The predicted octanol–water partition coefficient (Wildman–Crippen LogP) is 3.51. The van der Waals surface area contributed by atoms with Gasteiger partial charge in [-0.05, 0) is 43.9 Å². The van der Waals surface area contributed by atoms with Crippen LogP contribution < -0.4 is 21.1 Å². The molecule has 1 saturated carbocycles. The number of rotatable bonds is 4. The van der Waals surface area contributed by atoms with Crippen LogP contribution >= 0.6 is 0 Å². The van der Waals surface area contributed by atoms with Crippen LogP contribution in [0, 0.1) is 5.82 Å². The summed E-state index contributed by atoms with van der Waals surface area (Å²) in [6, 6.07) is 14.1. The van der Waals surface area contributed by atoms with Gasteiger partial charge in [-0.3, -0.25) is 4.90 Å². The van der Waals surface area contributed by atoms with Gasteiger partial charge in [-0.25, -0.2) is 9.38 Å². The molecule has 0 radical (unpaired) electrons. The Labute approximate surface area is 163 Å². The van der Waals surface area contributed by atoms with Crippen LogP contribution in [0.3, 0.4) is 0 Å². The summed E-state index contributed by atoms with van der Waals surface area (Å²) in [7, 11) is 0. The molecule has 7 heteroatoms. The molecule has 0 amide bonds. The molecule has 2 aromatic rings. The number of benzene rings is 2. The third-order valence-electron chi connectivity index (χ3n) is 5.28. The van der Waals surface area contributed by atoms with Gasteiger partial charge in [0.1, 0.15) is 23.8 Å². The normalized spacial score (nSPS) is 18.5. The maximum atomic E-state index is 13.8. The average molecular weight is 381 g/mol. The SMILES string of the molecule is NC1=NC2(CCCCC2)N(c2cccc(OCc3ccccc3F)c2)C(N)=N1. The van der Waals surface area contributed by atoms with E-state index in [9.17, 15) is 4.39 Å². The summed E-state index contributed by atoms with van der Waals surface area (Å²) in [6.07, 6.45) is 5.02. The zero-order valence-corrected chi connectivity index (χ0v) is 15.6. The average Bonchev–Trinajstić information content (AvgIpc) is 2.68. The van der Waals surface area contributed by atoms with E-state index < -0.39 is 5.66 Å². The monoisotopic (exact) mass is 381 g/mol. The van der Waals surface area contributed by atoms with Crippen LogP contribution in [0.1, 0.15) is 37.7 Å². The molecule has 1 aliphatic carbocycles. The molecule has 2 aromatic carbocycles. The Balaban J connectivity index is 1.60. The minimum absolute atomic E-state index is 0.149. The summed E-state index contributed by atoms with van der Waals surface area (Å²) in [5.74, 6) is 0.905. The molecule has 28 heavy (non-hydrogen) atoms. The van der Waals surface area contributed by atoms with Crippen molar-refractivity contribution in [1.29, 1.82) is 0 Å². The Kier molecular flexibility index (Phi) is 4.90. The zero-order valence-electron chi connectivity index (χ0n) is 15.6. The Bertz CT molecular complexity index is 921. The van der Waals surface area contributed by atoms with Gasteiger partial charge in [0, 0.05) is 17.3 Å². The van der Waals surface area contributed by atoms with E-state index in [1.54, 1.807) is 18.2 Å².